The predicted octanol–water partition coefficient (Wildman–Crippen LogP) is 1.35. The summed E-state index contributed by atoms with van der Waals surface area (Å²) in [4.78, 5) is 28.7. The van der Waals surface area contributed by atoms with Gasteiger partial charge in [-0.1, -0.05) is 0 Å². The van der Waals surface area contributed by atoms with Gasteiger partial charge in [-0.3, -0.25) is 9.59 Å². The first-order valence-corrected chi connectivity index (χ1v) is 7.87. The summed E-state index contributed by atoms with van der Waals surface area (Å²) >= 11 is 0. The number of aromatic nitrogens is 2. The maximum absolute atomic E-state index is 12.5. The lowest BCUT2D eigenvalue weighted by Crippen LogP contribution is -2.37. The normalized spacial score (nSPS) is 15.6. The lowest BCUT2D eigenvalue weighted by Gasteiger charge is -2.21. The van der Waals surface area contributed by atoms with E-state index in [1.807, 2.05) is 69.9 Å². The van der Waals surface area contributed by atoms with Crippen LogP contribution in [0.15, 0.2) is 36.9 Å². The van der Waals surface area contributed by atoms with Crippen molar-refractivity contribution in [1.82, 2.24) is 18.9 Å². The third kappa shape index (κ3) is 3.31. The van der Waals surface area contributed by atoms with Gasteiger partial charge in [-0.2, -0.15) is 0 Å². The Morgan fingerprint density at radius 3 is 1.57 bits per heavy atom. The minimum absolute atomic E-state index is 0.0413. The standard InChI is InChI=1S/C17H22N4O2/c1-18-8-4-14(12-18)16(22)20-6-3-7-21(11-10-20)17(23)15-5-9-19(2)13-15/h4-5,8-9,12-13H,3,6-7,10-11H2,1-2H3. The van der Waals surface area contributed by atoms with E-state index in [0.29, 0.717) is 37.3 Å². The highest BCUT2D eigenvalue weighted by Gasteiger charge is 2.24. The van der Waals surface area contributed by atoms with Gasteiger partial charge in [0.25, 0.3) is 11.8 Å². The molecule has 0 aliphatic carbocycles. The van der Waals surface area contributed by atoms with E-state index in [4.69, 9.17) is 0 Å². The number of nitrogens with zero attached hydrogens (tertiary/aromatic N) is 4. The number of amides is 2. The fourth-order valence-corrected chi connectivity index (χ4v) is 2.95. The molecule has 0 spiro atoms. The van der Waals surface area contributed by atoms with Crippen LogP contribution in [0.25, 0.3) is 0 Å². The van der Waals surface area contributed by atoms with Gasteiger partial charge in [0.1, 0.15) is 0 Å². The maximum atomic E-state index is 12.5. The molecule has 3 heterocycles. The second kappa shape index (κ2) is 6.32. The summed E-state index contributed by atoms with van der Waals surface area (Å²) in [5, 5.41) is 0. The van der Waals surface area contributed by atoms with Gasteiger partial charge in [-0.25, -0.2) is 0 Å². The van der Waals surface area contributed by atoms with E-state index in [1.54, 1.807) is 0 Å². The highest BCUT2D eigenvalue weighted by molar-refractivity contribution is 5.95. The summed E-state index contributed by atoms with van der Waals surface area (Å²) in [6.45, 7) is 2.52. The molecule has 2 amide bonds. The highest BCUT2D eigenvalue weighted by Crippen LogP contribution is 2.12. The van der Waals surface area contributed by atoms with Crippen LogP contribution < -0.4 is 0 Å². The van der Waals surface area contributed by atoms with E-state index in [-0.39, 0.29) is 11.8 Å². The molecule has 0 unspecified atom stereocenters. The van der Waals surface area contributed by atoms with Crippen molar-refractivity contribution in [3.63, 3.8) is 0 Å². The molecule has 6 heteroatoms. The van der Waals surface area contributed by atoms with Crippen LogP contribution in [-0.2, 0) is 14.1 Å². The summed E-state index contributed by atoms with van der Waals surface area (Å²) in [5.41, 5.74) is 1.41. The number of hydrogen-bond donors (Lipinski definition) is 0. The van der Waals surface area contributed by atoms with Crippen LogP contribution in [0.4, 0.5) is 0 Å². The smallest absolute Gasteiger partial charge is 0.255 e. The van der Waals surface area contributed by atoms with Gasteiger partial charge >= 0.3 is 0 Å². The van der Waals surface area contributed by atoms with E-state index in [0.717, 1.165) is 6.42 Å². The Bertz CT molecular complexity index is 656. The number of carbonyl (C=O) groups excluding carboxylic acids is 2. The van der Waals surface area contributed by atoms with Gasteiger partial charge < -0.3 is 18.9 Å². The number of carbonyl (C=O) groups is 2. The van der Waals surface area contributed by atoms with Crippen LogP contribution in [-0.4, -0.2) is 56.9 Å². The molecule has 0 N–H and O–H groups in total. The molecule has 6 nitrogen and oxygen atoms in total. The average molecular weight is 314 g/mol. The number of rotatable bonds is 2. The topological polar surface area (TPSA) is 50.5 Å². The zero-order valence-electron chi connectivity index (χ0n) is 13.6. The molecule has 3 rings (SSSR count). The van der Waals surface area contributed by atoms with Gasteiger partial charge in [0.15, 0.2) is 0 Å². The monoisotopic (exact) mass is 314 g/mol. The molecule has 0 aromatic carbocycles. The Kier molecular flexibility index (Phi) is 4.23. The maximum Gasteiger partial charge on any atom is 0.255 e. The van der Waals surface area contributed by atoms with Crippen LogP contribution >= 0.6 is 0 Å². The third-order valence-corrected chi connectivity index (χ3v) is 4.23. The summed E-state index contributed by atoms with van der Waals surface area (Å²) in [6.07, 6.45) is 8.21. The Hall–Kier alpha value is -2.50. The number of aryl methyl sites for hydroxylation is 2. The molecule has 1 saturated heterocycles. The van der Waals surface area contributed by atoms with E-state index < -0.39 is 0 Å². The van der Waals surface area contributed by atoms with Gasteiger partial charge in [0.05, 0.1) is 11.1 Å². The molecular weight excluding hydrogens is 292 g/mol. The van der Waals surface area contributed by atoms with Crippen LogP contribution in [0.3, 0.4) is 0 Å². The molecule has 0 saturated carbocycles. The molecular formula is C17H22N4O2. The fourth-order valence-electron chi connectivity index (χ4n) is 2.95. The van der Waals surface area contributed by atoms with Crippen molar-refractivity contribution in [1.29, 1.82) is 0 Å². The van der Waals surface area contributed by atoms with Gasteiger partial charge in [0.2, 0.25) is 0 Å². The minimum Gasteiger partial charge on any atom is -0.356 e. The van der Waals surface area contributed by atoms with Crippen molar-refractivity contribution in [2.75, 3.05) is 26.2 Å². The summed E-state index contributed by atoms with van der Waals surface area (Å²) < 4.78 is 3.74. The molecule has 2 aromatic rings. The SMILES string of the molecule is Cn1ccc(C(=O)N2CCCN(C(=O)c3ccn(C)c3)CC2)c1. The van der Waals surface area contributed by atoms with Crippen LogP contribution in [0.1, 0.15) is 27.1 Å². The Balaban J connectivity index is 1.65. The van der Waals surface area contributed by atoms with Gasteiger partial charge in [0, 0.05) is 65.1 Å². The fraction of sp³-hybridized carbons (Fsp3) is 0.412. The zero-order chi connectivity index (χ0) is 16.4. The predicted molar refractivity (Wildman–Crippen MR) is 87.3 cm³/mol. The molecule has 0 radical (unpaired) electrons. The van der Waals surface area contributed by atoms with Crippen LogP contribution in [0, 0.1) is 0 Å². The van der Waals surface area contributed by atoms with Crippen molar-refractivity contribution >= 4 is 11.8 Å². The van der Waals surface area contributed by atoms with Crippen molar-refractivity contribution in [3.8, 4) is 0 Å². The van der Waals surface area contributed by atoms with E-state index in [9.17, 15) is 9.59 Å². The molecule has 2 aromatic heterocycles. The van der Waals surface area contributed by atoms with Gasteiger partial charge in [-0.05, 0) is 18.6 Å². The van der Waals surface area contributed by atoms with E-state index in [1.165, 1.54) is 0 Å². The molecule has 1 aliphatic rings. The zero-order valence-corrected chi connectivity index (χ0v) is 13.6. The first-order valence-electron chi connectivity index (χ1n) is 7.87. The highest BCUT2D eigenvalue weighted by atomic mass is 16.2. The van der Waals surface area contributed by atoms with Crippen molar-refractivity contribution in [2.45, 2.75) is 6.42 Å². The molecule has 0 bridgehead atoms. The third-order valence-electron chi connectivity index (χ3n) is 4.23. The van der Waals surface area contributed by atoms with Crippen molar-refractivity contribution < 1.29 is 9.59 Å². The number of hydrogen-bond acceptors (Lipinski definition) is 2. The molecule has 23 heavy (non-hydrogen) atoms. The molecule has 122 valence electrons. The van der Waals surface area contributed by atoms with Crippen molar-refractivity contribution in [2.24, 2.45) is 14.1 Å². The van der Waals surface area contributed by atoms with Gasteiger partial charge in [-0.15, -0.1) is 0 Å². The van der Waals surface area contributed by atoms with E-state index >= 15 is 0 Å². The molecule has 1 fully saturated rings. The van der Waals surface area contributed by atoms with E-state index in [2.05, 4.69) is 0 Å². The quantitative estimate of drug-likeness (QED) is 0.840. The first-order chi connectivity index (χ1) is 11.0. The lowest BCUT2D eigenvalue weighted by atomic mass is 10.2. The Morgan fingerprint density at radius 2 is 1.22 bits per heavy atom. The summed E-state index contributed by atoms with van der Waals surface area (Å²) in [6, 6.07) is 3.67. The summed E-state index contributed by atoms with van der Waals surface area (Å²) in [5.74, 6) is 0.0826. The Morgan fingerprint density at radius 1 is 0.783 bits per heavy atom. The largest absolute Gasteiger partial charge is 0.356 e. The Labute approximate surface area is 135 Å². The van der Waals surface area contributed by atoms with Crippen LogP contribution in [0.2, 0.25) is 0 Å². The lowest BCUT2D eigenvalue weighted by molar-refractivity contribution is 0.0719. The second-order valence-electron chi connectivity index (χ2n) is 6.07. The summed E-state index contributed by atoms with van der Waals surface area (Å²) in [7, 11) is 3.80. The van der Waals surface area contributed by atoms with Crippen molar-refractivity contribution in [3.05, 3.63) is 48.0 Å². The molecule has 0 atom stereocenters. The van der Waals surface area contributed by atoms with Crippen LogP contribution in [0.5, 0.6) is 0 Å². The molecule has 1 aliphatic heterocycles. The average Bonchev–Trinajstić information content (AvgIpc) is 3.07. The first kappa shape index (κ1) is 15.4. The second-order valence-corrected chi connectivity index (χ2v) is 6.07. The minimum atomic E-state index is 0.0413.